The van der Waals surface area contributed by atoms with Crippen LogP contribution in [-0.4, -0.2) is 20.6 Å². The van der Waals surface area contributed by atoms with Crippen LogP contribution in [0.15, 0.2) is 85.1 Å². The van der Waals surface area contributed by atoms with Gasteiger partial charge in [-0.2, -0.15) is 0 Å². The highest BCUT2D eigenvalue weighted by atomic mass is 16.5. The van der Waals surface area contributed by atoms with Crippen molar-refractivity contribution in [3.63, 3.8) is 0 Å². The maximum Gasteiger partial charge on any atom is 0.220 e. The number of benzene rings is 3. The lowest BCUT2D eigenvalue weighted by Crippen LogP contribution is -1.98. The van der Waals surface area contributed by atoms with Crippen LogP contribution < -0.4 is 4.74 Å². The van der Waals surface area contributed by atoms with Crippen LogP contribution in [0.5, 0.6) is 5.75 Å². The second kappa shape index (κ2) is 6.32. The lowest BCUT2D eigenvalue weighted by atomic mass is 10.1. The fourth-order valence-corrected chi connectivity index (χ4v) is 3.53. The molecule has 4 heteroatoms. The molecule has 0 atom stereocenters. The lowest BCUT2D eigenvalue weighted by Gasteiger charge is -2.10. The van der Waals surface area contributed by atoms with E-state index in [1.807, 2.05) is 43.3 Å². The SMILES string of the molecule is CCOc1ccc(-n2c(-c3ccccc3)cn3c4ccccc4nc23)cc1. The van der Waals surface area contributed by atoms with Gasteiger partial charge in [0.15, 0.2) is 0 Å². The van der Waals surface area contributed by atoms with Gasteiger partial charge in [-0.15, -0.1) is 0 Å². The van der Waals surface area contributed by atoms with Gasteiger partial charge in [-0.25, -0.2) is 4.98 Å². The molecule has 0 aliphatic rings. The van der Waals surface area contributed by atoms with Crippen LogP contribution in [0, 0.1) is 0 Å². The van der Waals surface area contributed by atoms with Gasteiger partial charge in [-0.3, -0.25) is 8.97 Å². The van der Waals surface area contributed by atoms with Crippen molar-refractivity contribution in [2.24, 2.45) is 0 Å². The summed E-state index contributed by atoms with van der Waals surface area (Å²) in [5, 5.41) is 0. The third-order valence-electron chi connectivity index (χ3n) is 4.74. The van der Waals surface area contributed by atoms with Crippen LogP contribution in [0.1, 0.15) is 6.92 Å². The monoisotopic (exact) mass is 353 g/mol. The molecule has 5 aromatic rings. The van der Waals surface area contributed by atoms with Gasteiger partial charge in [-0.1, -0.05) is 42.5 Å². The van der Waals surface area contributed by atoms with Gasteiger partial charge in [0, 0.05) is 17.4 Å². The van der Waals surface area contributed by atoms with Gasteiger partial charge in [0.1, 0.15) is 5.75 Å². The van der Waals surface area contributed by atoms with Crippen molar-refractivity contribution in [2.45, 2.75) is 6.92 Å². The molecule has 2 aromatic heterocycles. The Kier molecular flexibility index (Phi) is 3.68. The number of nitrogens with zero attached hydrogens (tertiary/aromatic N) is 3. The summed E-state index contributed by atoms with van der Waals surface area (Å²) in [6.07, 6.45) is 2.16. The van der Waals surface area contributed by atoms with Crippen molar-refractivity contribution in [2.75, 3.05) is 6.61 Å². The molecule has 0 bridgehead atoms. The first-order chi connectivity index (χ1) is 13.3. The van der Waals surface area contributed by atoms with Crippen molar-refractivity contribution in [1.29, 1.82) is 0 Å². The summed E-state index contributed by atoms with van der Waals surface area (Å²) in [7, 11) is 0. The highest BCUT2D eigenvalue weighted by molar-refractivity contribution is 5.82. The normalized spacial score (nSPS) is 11.3. The topological polar surface area (TPSA) is 31.5 Å². The predicted octanol–water partition coefficient (Wildman–Crippen LogP) is 5.34. The minimum atomic E-state index is 0.661. The van der Waals surface area contributed by atoms with Gasteiger partial charge in [0.25, 0.3) is 0 Å². The zero-order valence-electron chi connectivity index (χ0n) is 15.0. The zero-order chi connectivity index (χ0) is 18.2. The molecule has 0 N–H and O–H groups in total. The summed E-state index contributed by atoms with van der Waals surface area (Å²) in [5.74, 6) is 1.78. The molecular weight excluding hydrogens is 334 g/mol. The Labute approximate surface area is 157 Å². The van der Waals surface area contributed by atoms with Crippen molar-refractivity contribution < 1.29 is 4.74 Å². The minimum Gasteiger partial charge on any atom is -0.494 e. The fraction of sp³-hybridized carbons (Fsp3) is 0.0870. The van der Waals surface area contributed by atoms with E-state index in [0.717, 1.165) is 39.5 Å². The molecule has 0 unspecified atom stereocenters. The smallest absolute Gasteiger partial charge is 0.220 e. The van der Waals surface area contributed by atoms with Crippen molar-refractivity contribution in [3.8, 4) is 22.7 Å². The largest absolute Gasteiger partial charge is 0.494 e. The average Bonchev–Trinajstić information content (AvgIpc) is 3.26. The molecule has 2 heterocycles. The molecule has 0 radical (unpaired) electrons. The molecule has 4 nitrogen and oxygen atoms in total. The number of para-hydroxylation sites is 2. The second-order valence-electron chi connectivity index (χ2n) is 6.41. The molecule has 0 aliphatic heterocycles. The van der Waals surface area contributed by atoms with E-state index in [4.69, 9.17) is 9.72 Å². The molecule has 132 valence electrons. The Morgan fingerprint density at radius 2 is 1.59 bits per heavy atom. The number of aromatic nitrogens is 3. The average molecular weight is 353 g/mol. The molecular formula is C23H19N3O. The number of ether oxygens (including phenoxy) is 1. The maximum absolute atomic E-state index is 5.60. The van der Waals surface area contributed by atoms with Crippen molar-refractivity contribution in [1.82, 2.24) is 14.0 Å². The standard InChI is InChI=1S/C23H19N3O/c1-2-27-19-14-12-18(13-15-19)26-22(17-8-4-3-5-9-17)16-25-21-11-7-6-10-20(21)24-23(25)26/h3-16H,2H2,1H3. The van der Waals surface area contributed by atoms with E-state index in [1.54, 1.807) is 0 Å². The molecule has 0 saturated carbocycles. The molecule has 27 heavy (non-hydrogen) atoms. The first-order valence-electron chi connectivity index (χ1n) is 9.12. The Balaban J connectivity index is 1.79. The number of hydrogen-bond donors (Lipinski definition) is 0. The summed E-state index contributed by atoms with van der Waals surface area (Å²) in [6, 6.07) is 26.8. The van der Waals surface area contributed by atoms with Crippen LogP contribution in [0.3, 0.4) is 0 Å². The van der Waals surface area contributed by atoms with Crippen LogP contribution in [0.2, 0.25) is 0 Å². The Bertz CT molecular complexity index is 1220. The van der Waals surface area contributed by atoms with Crippen molar-refractivity contribution >= 4 is 16.8 Å². The summed E-state index contributed by atoms with van der Waals surface area (Å²) >= 11 is 0. The number of imidazole rings is 2. The van der Waals surface area contributed by atoms with E-state index >= 15 is 0 Å². The third kappa shape index (κ3) is 2.57. The van der Waals surface area contributed by atoms with E-state index in [0.29, 0.717) is 6.61 Å². The van der Waals surface area contributed by atoms with E-state index in [1.165, 1.54) is 0 Å². The lowest BCUT2D eigenvalue weighted by molar-refractivity contribution is 0.340. The fourth-order valence-electron chi connectivity index (χ4n) is 3.53. The summed E-state index contributed by atoms with van der Waals surface area (Å²) in [4.78, 5) is 4.89. The Hall–Kier alpha value is -3.53. The molecule has 0 amide bonds. The zero-order valence-corrected chi connectivity index (χ0v) is 15.0. The third-order valence-corrected chi connectivity index (χ3v) is 4.74. The highest BCUT2D eigenvalue weighted by Crippen LogP contribution is 2.30. The Morgan fingerprint density at radius 3 is 2.37 bits per heavy atom. The second-order valence-corrected chi connectivity index (χ2v) is 6.41. The quantitative estimate of drug-likeness (QED) is 0.436. The van der Waals surface area contributed by atoms with E-state index in [9.17, 15) is 0 Å². The molecule has 0 spiro atoms. The van der Waals surface area contributed by atoms with E-state index in [2.05, 4.69) is 57.6 Å². The van der Waals surface area contributed by atoms with Crippen molar-refractivity contribution in [3.05, 3.63) is 85.1 Å². The summed E-state index contributed by atoms with van der Waals surface area (Å²) in [5.41, 5.74) is 5.41. The first kappa shape index (κ1) is 15.7. The predicted molar refractivity (Wildman–Crippen MR) is 109 cm³/mol. The van der Waals surface area contributed by atoms with E-state index in [-0.39, 0.29) is 0 Å². The van der Waals surface area contributed by atoms with Crippen LogP contribution in [0.4, 0.5) is 0 Å². The summed E-state index contributed by atoms with van der Waals surface area (Å²) in [6.45, 7) is 2.65. The Morgan fingerprint density at radius 1 is 0.852 bits per heavy atom. The minimum absolute atomic E-state index is 0.661. The van der Waals surface area contributed by atoms with Crippen LogP contribution in [-0.2, 0) is 0 Å². The summed E-state index contributed by atoms with van der Waals surface area (Å²) < 4.78 is 9.96. The van der Waals surface area contributed by atoms with Gasteiger partial charge in [-0.05, 0) is 43.3 Å². The number of fused-ring (bicyclic) bond motifs is 3. The van der Waals surface area contributed by atoms with Gasteiger partial charge in [0.2, 0.25) is 5.78 Å². The highest BCUT2D eigenvalue weighted by Gasteiger charge is 2.16. The molecule has 3 aromatic carbocycles. The molecule has 0 fully saturated rings. The molecule has 0 aliphatic carbocycles. The molecule has 5 rings (SSSR count). The maximum atomic E-state index is 5.60. The van der Waals surface area contributed by atoms with Crippen LogP contribution in [0.25, 0.3) is 33.8 Å². The van der Waals surface area contributed by atoms with E-state index < -0.39 is 0 Å². The van der Waals surface area contributed by atoms with Gasteiger partial charge < -0.3 is 4.74 Å². The van der Waals surface area contributed by atoms with Gasteiger partial charge in [0.05, 0.1) is 23.3 Å². The van der Waals surface area contributed by atoms with Gasteiger partial charge >= 0.3 is 0 Å². The first-order valence-corrected chi connectivity index (χ1v) is 9.12. The van der Waals surface area contributed by atoms with Crippen LogP contribution >= 0.6 is 0 Å². The number of hydrogen-bond acceptors (Lipinski definition) is 2. The number of rotatable bonds is 4. The molecule has 0 saturated heterocycles.